The molecule has 0 aliphatic carbocycles. The van der Waals surface area contributed by atoms with Gasteiger partial charge in [-0.25, -0.2) is 4.79 Å². The van der Waals surface area contributed by atoms with Crippen molar-refractivity contribution in [2.75, 3.05) is 13.2 Å². The van der Waals surface area contributed by atoms with E-state index in [0.717, 1.165) is 6.08 Å². The van der Waals surface area contributed by atoms with E-state index in [1.807, 2.05) is 0 Å². The molecule has 0 spiro atoms. The van der Waals surface area contributed by atoms with Crippen LogP contribution in [0.4, 0.5) is 0 Å². The number of aliphatic hydroxyl groups excluding tert-OH is 2. The molecule has 0 radical (unpaired) electrons. The number of aliphatic hydroxyl groups is 2. The summed E-state index contributed by atoms with van der Waals surface area (Å²) in [6, 6.07) is 0. The number of aliphatic carboxylic acids is 1. The molecule has 0 saturated carbocycles. The highest BCUT2D eigenvalue weighted by Crippen LogP contribution is 1.68. The molecule has 0 aromatic heterocycles. The minimum atomic E-state index is -1.18. The van der Waals surface area contributed by atoms with E-state index in [0.29, 0.717) is 6.08 Å². The second kappa shape index (κ2) is 9.60. The van der Waals surface area contributed by atoms with Crippen LogP contribution in [0.5, 0.6) is 0 Å². The molecule has 12 heavy (non-hydrogen) atoms. The van der Waals surface area contributed by atoms with Crippen LogP contribution < -0.4 is 5.73 Å². The summed E-state index contributed by atoms with van der Waals surface area (Å²) in [5.41, 5.74) is 4.55. The summed E-state index contributed by atoms with van der Waals surface area (Å²) in [7, 11) is 0. The van der Waals surface area contributed by atoms with Crippen molar-refractivity contribution in [3.05, 3.63) is 12.2 Å². The predicted molar refractivity (Wildman–Crippen MR) is 40.1 cm³/mol. The van der Waals surface area contributed by atoms with Crippen LogP contribution in [0.2, 0.25) is 0 Å². The van der Waals surface area contributed by atoms with Crippen LogP contribution in [0, 0.1) is 0 Å². The molecule has 0 aromatic rings. The van der Waals surface area contributed by atoms with Gasteiger partial charge in [0.25, 0.3) is 0 Å². The van der Waals surface area contributed by atoms with Crippen molar-refractivity contribution in [3.8, 4) is 0 Å². The average molecular weight is 177 g/mol. The van der Waals surface area contributed by atoms with Gasteiger partial charge >= 0.3 is 5.97 Å². The van der Waals surface area contributed by atoms with Gasteiger partial charge in [-0.1, -0.05) is 0 Å². The number of carboxylic acid groups (broad SMARTS) is 1. The molecule has 0 atom stereocenters. The normalized spacial score (nSPS) is 8.83. The van der Waals surface area contributed by atoms with E-state index in [1.165, 1.54) is 0 Å². The lowest BCUT2D eigenvalue weighted by atomic mass is 10.5. The fraction of sp³-hybridized carbons (Fsp3) is 0.333. The molecular weight excluding hydrogens is 166 g/mol. The van der Waals surface area contributed by atoms with E-state index in [1.54, 1.807) is 0 Å². The summed E-state index contributed by atoms with van der Waals surface area (Å²) < 4.78 is 0. The van der Waals surface area contributed by atoms with Gasteiger partial charge in [-0.05, 0) is 0 Å². The highest BCUT2D eigenvalue weighted by Gasteiger charge is 1.86. The second-order valence-electron chi connectivity index (χ2n) is 1.52. The Balaban J connectivity index is 0. The number of hydrogen-bond donors (Lipinski definition) is 4. The minimum Gasteiger partial charge on any atom is -0.478 e. The van der Waals surface area contributed by atoms with Gasteiger partial charge in [-0.2, -0.15) is 0 Å². The van der Waals surface area contributed by atoms with Gasteiger partial charge in [0, 0.05) is 12.2 Å². The highest BCUT2D eigenvalue weighted by molar-refractivity contribution is 5.92. The van der Waals surface area contributed by atoms with Crippen LogP contribution in [0.3, 0.4) is 0 Å². The van der Waals surface area contributed by atoms with Crippen LogP contribution >= 0.6 is 0 Å². The molecule has 0 aromatic carbocycles. The molecular formula is C6H11NO5. The molecule has 0 bridgehead atoms. The van der Waals surface area contributed by atoms with Crippen molar-refractivity contribution < 1.29 is 24.9 Å². The first-order valence-corrected chi connectivity index (χ1v) is 2.96. The number of rotatable bonds is 3. The molecule has 1 amide bonds. The summed E-state index contributed by atoms with van der Waals surface area (Å²) in [5.74, 6) is -1.93. The van der Waals surface area contributed by atoms with Gasteiger partial charge in [0.2, 0.25) is 5.91 Å². The number of nitrogens with two attached hydrogens (primary N) is 1. The summed E-state index contributed by atoms with van der Waals surface area (Å²) in [6.07, 6.45) is 1.46. The van der Waals surface area contributed by atoms with E-state index < -0.39 is 11.9 Å². The zero-order valence-electron chi connectivity index (χ0n) is 6.30. The minimum absolute atomic E-state index is 0.125. The van der Waals surface area contributed by atoms with Gasteiger partial charge in [0.1, 0.15) is 0 Å². The van der Waals surface area contributed by atoms with Crippen LogP contribution in [-0.4, -0.2) is 40.4 Å². The molecule has 0 saturated heterocycles. The highest BCUT2D eigenvalue weighted by atomic mass is 16.4. The molecule has 0 rings (SSSR count). The molecule has 0 aliphatic rings. The first-order chi connectivity index (χ1) is 5.54. The summed E-state index contributed by atoms with van der Waals surface area (Å²) in [5, 5.41) is 23.1. The van der Waals surface area contributed by atoms with Gasteiger partial charge < -0.3 is 21.1 Å². The van der Waals surface area contributed by atoms with E-state index >= 15 is 0 Å². The average Bonchev–Trinajstić information content (AvgIpc) is 2.01. The number of amides is 1. The summed E-state index contributed by atoms with van der Waals surface area (Å²) >= 11 is 0. The maximum absolute atomic E-state index is 9.78. The van der Waals surface area contributed by atoms with Crippen molar-refractivity contribution in [1.29, 1.82) is 0 Å². The van der Waals surface area contributed by atoms with Gasteiger partial charge in [-0.3, -0.25) is 4.79 Å². The largest absolute Gasteiger partial charge is 0.478 e. The third-order valence-electron chi connectivity index (χ3n) is 0.490. The SMILES string of the molecule is NC(=O)/C=C\C(=O)O.OCCO. The molecule has 0 heterocycles. The lowest BCUT2D eigenvalue weighted by Crippen LogP contribution is -2.06. The number of carbonyl (C=O) groups excluding carboxylic acids is 1. The Morgan fingerprint density at radius 1 is 1.17 bits per heavy atom. The fourth-order valence-electron chi connectivity index (χ4n) is 0.153. The standard InChI is InChI=1S/C4H5NO3.C2H6O2/c5-3(6)1-2-4(7)8;3-1-2-4/h1-2H,(H2,5,6)(H,7,8);3-4H,1-2H2/b2-1-;. The number of primary amides is 1. The van der Waals surface area contributed by atoms with Crippen molar-refractivity contribution in [2.24, 2.45) is 5.73 Å². The van der Waals surface area contributed by atoms with Gasteiger partial charge in [0.05, 0.1) is 13.2 Å². The molecule has 6 nitrogen and oxygen atoms in total. The van der Waals surface area contributed by atoms with E-state index in [9.17, 15) is 9.59 Å². The monoisotopic (exact) mass is 177 g/mol. The Morgan fingerprint density at radius 3 is 1.67 bits per heavy atom. The summed E-state index contributed by atoms with van der Waals surface area (Å²) in [4.78, 5) is 19.4. The van der Waals surface area contributed by atoms with Crippen LogP contribution in [-0.2, 0) is 9.59 Å². The molecule has 6 heteroatoms. The number of carbonyl (C=O) groups is 2. The van der Waals surface area contributed by atoms with E-state index in [-0.39, 0.29) is 13.2 Å². The molecule has 5 N–H and O–H groups in total. The van der Waals surface area contributed by atoms with Crippen molar-refractivity contribution in [2.45, 2.75) is 0 Å². The Bertz CT molecular complexity index is 147. The number of carboxylic acids is 1. The second-order valence-corrected chi connectivity index (χ2v) is 1.52. The third kappa shape index (κ3) is 23.5. The van der Waals surface area contributed by atoms with E-state index in [4.69, 9.17) is 15.3 Å². The third-order valence-corrected chi connectivity index (χ3v) is 0.490. The van der Waals surface area contributed by atoms with Crippen molar-refractivity contribution in [1.82, 2.24) is 0 Å². The summed E-state index contributed by atoms with van der Waals surface area (Å²) in [6.45, 7) is -0.250. The first-order valence-electron chi connectivity index (χ1n) is 2.96. The molecule has 0 fully saturated rings. The molecule has 70 valence electrons. The first kappa shape index (κ1) is 13.2. The lowest BCUT2D eigenvalue weighted by Gasteiger charge is -1.75. The van der Waals surface area contributed by atoms with Crippen LogP contribution in [0.15, 0.2) is 12.2 Å². The van der Waals surface area contributed by atoms with Crippen molar-refractivity contribution in [3.63, 3.8) is 0 Å². The Hall–Kier alpha value is -1.40. The Labute approximate surface area is 68.9 Å². The lowest BCUT2D eigenvalue weighted by molar-refractivity contribution is -0.131. The maximum Gasteiger partial charge on any atom is 0.328 e. The Morgan fingerprint density at radius 2 is 1.58 bits per heavy atom. The molecule has 0 unspecified atom stereocenters. The van der Waals surface area contributed by atoms with Crippen LogP contribution in [0.1, 0.15) is 0 Å². The fourth-order valence-corrected chi connectivity index (χ4v) is 0.153. The van der Waals surface area contributed by atoms with E-state index in [2.05, 4.69) is 5.73 Å². The Kier molecular flexibility index (Phi) is 10.6. The zero-order chi connectivity index (χ0) is 9.98. The predicted octanol–water partition coefficient (Wildman–Crippen LogP) is -1.92. The van der Waals surface area contributed by atoms with Crippen LogP contribution in [0.25, 0.3) is 0 Å². The number of hydrogen-bond acceptors (Lipinski definition) is 4. The van der Waals surface area contributed by atoms with Crippen molar-refractivity contribution >= 4 is 11.9 Å². The quantitative estimate of drug-likeness (QED) is 0.374. The maximum atomic E-state index is 9.78. The zero-order valence-corrected chi connectivity index (χ0v) is 6.30. The molecule has 0 aliphatic heterocycles. The topological polar surface area (TPSA) is 121 Å². The smallest absolute Gasteiger partial charge is 0.328 e. The van der Waals surface area contributed by atoms with Gasteiger partial charge in [0.15, 0.2) is 0 Å². The van der Waals surface area contributed by atoms with Gasteiger partial charge in [-0.15, -0.1) is 0 Å².